The minimum Gasteiger partial charge on any atom is -0.480 e. The van der Waals surface area contributed by atoms with Gasteiger partial charge in [0.05, 0.1) is 0 Å². The number of hydrogen-bond donors (Lipinski definition) is 1. The number of hydrogen-bond acceptors (Lipinski definition) is 5. The zero-order chi connectivity index (χ0) is 32.1. The number of carboxylic acid groups (broad SMARTS) is 1. The molecule has 10 heteroatoms. The number of aliphatic carboxylic acids is 1. The molecule has 3 aromatic carbocycles. The first-order chi connectivity index (χ1) is 21.7. The average Bonchev–Trinajstić information content (AvgIpc) is 3.34. The molecule has 3 amide bonds. The fourth-order valence-electron chi connectivity index (χ4n) is 6.13. The standard InChI is InChI=1S/C35H36BrN3O6/c1-37(21-32(40)41)33(42)31(20-23-15-17-24(36)18-16-23)39-19-9-3-4-14-30(34(39)43)38(2)35(44)45-22-29-27-12-7-5-10-25(27)26-11-6-8-13-28(26)29/h3-8,10-13,15-18,29-31H,9,14,19-22H2,1-2H3,(H,40,41). The number of nitrogens with zero attached hydrogens (tertiary/aromatic N) is 3. The summed E-state index contributed by atoms with van der Waals surface area (Å²) in [5.74, 6) is -2.16. The normalized spacial score (nSPS) is 16.6. The van der Waals surface area contributed by atoms with Crippen molar-refractivity contribution in [2.24, 2.45) is 0 Å². The molecule has 0 aromatic heterocycles. The molecule has 1 aliphatic carbocycles. The second-order valence-corrected chi connectivity index (χ2v) is 12.3. The van der Waals surface area contributed by atoms with Crippen LogP contribution >= 0.6 is 15.9 Å². The number of likely N-dealkylation sites (N-methyl/N-ethyl adjacent to an activating group) is 2. The van der Waals surface area contributed by atoms with Gasteiger partial charge in [0.25, 0.3) is 0 Å². The van der Waals surface area contributed by atoms with Crippen molar-refractivity contribution in [3.8, 4) is 11.1 Å². The van der Waals surface area contributed by atoms with Gasteiger partial charge in [0.15, 0.2) is 0 Å². The van der Waals surface area contributed by atoms with E-state index in [9.17, 15) is 24.3 Å². The lowest BCUT2D eigenvalue weighted by Gasteiger charge is -2.38. The largest absolute Gasteiger partial charge is 0.480 e. The third kappa shape index (κ3) is 7.12. The molecule has 0 saturated heterocycles. The van der Waals surface area contributed by atoms with E-state index in [0.717, 1.165) is 37.2 Å². The topological polar surface area (TPSA) is 107 Å². The van der Waals surface area contributed by atoms with Crippen molar-refractivity contribution in [2.75, 3.05) is 33.8 Å². The summed E-state index contributed by atoms with van der Waals surface area (Å²) < 4.78 is 6.72. The minimum absolute atomic E-state index is 0.113. The smallest absolute Gasteiger partial charge is 0.410 e. The maximum Gasteiger partial charge on any atom is 0.410 e. The van der Waals surface area contributed by atoms with Gasteiger partial charge in [-0.15, -0.1) is 0 Å². The van der Waals surface area contributed by atoms with Crippen LogP contribution in [-0.4, -0.2) is 89.6 Å². The van der Waals surface area contributed by atoms with E-state index >= 15 is 0 Å². The number of fused-ring (bicyclic) bond motifs is 3. The quantitative estimate of drug-likeness (QED) is 0.308. The SMILES string of the molecule is CN(CC(=O)O)C(=O)C(Cc1ccc(Br)cc1)N1CCC=CCC(N(C)C(=O)OCC2c3ccccc3-c3ccccc32)C1=O. The summed E-state index contributed by atoms with van der Waals surface area (Å²) in [5.41, 5.74) is 5.22. The molecule has 0 radical (unpaired) electrons. The minimum atomic E-state index is -1.15. The molecule has 2 aliphatic rings. The summed E-state index contributed by atoms with van der Waals surface area (Å²) in [4.78, 5) is 56.8. The lowest BCUT2D eigenvalue weighted by atomic mass is 9.98. The molecular weight excluding hydrogens is 638 g/mol. The maximum atomic E-state index is 14.2. The molecule has 1 aliphatic heterocycles. The maximum absolute atomic E-state index is 14.2. The Morgan fingerprint density at radius 3 is 2.20 bits per heavy atom. The van der Waals surface area contributed by atoms with Crippen molar-refractivity contribution in [2.45, 2.75) is 37.3 Å². The zero-order valence-corrected chi connectivity index (χ0v) is 26.9. The molecule has 1 N–H and O–H groups in total. The van der Waals surface area contributed by atoms with E-state index in [0.29, 0.717) is 6.42 Å². The van der Waals surface area contributed by atoms with Crippen molar-refractivity contribution in [3.05, 3.63) is 106 Å². The summed E-state index contributed by atoms with van der Waals surface area (Å²) in [6.45, 7) is -0.152. The summed E-state index contributed by atoms with van der Waals surface area (Å²) in [7, 11) is 2.96. The van der Waals surface area contributed by atoms with Crippen LogP contribution in [0.25, 0.3) is 11.1 Å². The van der Waals surface area contributed by atoms with Crippen LogP contribution < -0.4 is 0 Å². The van der Waals surface area contributed by atoms with Gasteiger partial charge in [-0.1, -0.05) is 88.7 Å². The Labute approximate surface area is 271 Å². The third-order valence-corrected chi connectivity index (χ3v) is 9.00. The van der Waals surface area contributed by atoms with Crippen molar-refractivity contribution in [1.29, 1.82) is 0 Å². The van der Waals surface area contributed by atoms with Gasteiger partial charge in [0, 0.05) is 37.5 Å². The number of carboxylic acids is 1. The third-order valence-electron chi connectivity index (χ3n) is 8.47. The Kier molecular flexibility index (Phi) is 10.0. The number of amides is 3. The highest BCUT2D eigenvalue weighted by Crippen LogP contribution is 2.44. The molecule has 5 rings (SSSR count). The summed E-state index contributed by atoms with van der Waals surface area (Å²) in [5, 5.41) is 9.35. The highest BCUT2D eigenvalue weighted by atomic mass is 79.9. The molecule has 0 saturated carbocycles. The van der Waals surface area contributed by atoms with Gasteiger partial charge in [-0.3, -0.25) is 19.3 Å². The van der Waals surface area contributed by atoms with Gasteiger partial charge in [-0.25, -0.2) is 4.79 Å². The fraction of sp³-hybridized carbons (Fsp3) is 0.314. The van der Waals surface area contributed by atoms with Gasteiger partial charge in [-0.2, -0.15) is 0 Å². The van der Waals surface area contributed by atoms with E-state index in [1.807, 2.05) is 72.8 Å². The van der Waals surface area contributed by atoms with Crippen LogP contribution in [0.5, 0.6) is 0 Å². The predicted molar refractivity (Wildman–Crippen MR) is 174 cm³/mol. The van der Waals surface area contributed by atoms with E-state index in [-0.39, 0.29) is 31.9 Å². The number of benzene rings is 3. The Morgan fingerprint density at radius 2 is 1.58 bits per heavy atom. The molecule has 0 bridgehead atoms. The van der Waals surface area contributed by atoms with Gasteiger partial charge in [-0.05, 0) is 52.8 Å². The van der Waals surface area contributed by atoms with E-state index in [2.05, 4.69) is 28.1 Å². The van der Waals surface area contributed by atoms with Crippen LogP contribution in [0.15, 0.2) is 89.4 Å². The van der Waals surface area contributed by atoms with E-state index in [4.69, 9.17) is 4.74 Å². The van der Waals surface area contributed by atoms with Crippen molar-refractivity contribution in [1.82, 2.24) is 14.7 Å². The number of ether oxygens (including phenoxy) is 1. The average molecular weight is 675 g/mol. The van der Waals surface area contributed by atoms with Gasteiger partial charge in [0.1, 0.15) is 25.2 Å². The van der Waals surface area contributed by atoms with Gasteiger partial charge >= 0.3 is 12.1 Å². The molecule has 0 fully saturated rings. The molecule has 45 heavy (non-hydrogen) atoms. The van der Waals surface area contributed by atoms with Crippen LogP contribution in [-0.2, 0) is 25.5 Å². The van der Waals surface area contributed by atoms with Crippen LogP contribution in [0, 0.1) is 0 Å². The van der Waals surface area contributed by atoms with Crippen molar-refractivity contribution < 1.29 is 29.0 Å². The number of halogens is 1. The lowest BCUT2D eigenvalue weighted by molar-refractivity contribution is -0.150. The molecule has 234 valence electrons. The van der Waals surface area contributed by atoms with Crippen LogP contribution in [0.1, 0.15) is 35.4 Å². The van der Waals surface area contributed by atoms with Crippen LogP contribution in [0.2, 0.25) is 0 Å². The first-order valence-electron chi connectivity index (χ1n) is 14.9. The zero-order valence-electron chi connectivity index (χ0n) is 25.3. The highest BCUT2D eigenvalue weighted by molar-refractivity contribution is 9.10. The molecule has 0 spiro atoms. The molecule has 2 unspecified atom stereocenters. The predicted octanol–water partition coefficient (Wildman–Crippen LogP) is 5.33. The highest BCUT2D eigenvalue weighted by Gasteiger charge is 2.39. The number of rotatable bonds is 9. The molecule has 1 heterocycles. The second kappa shape index (κ2) is 14.1. The Balaban J connectivity index is 1.36. The summed E-state index contributed by atoms with van der Waals surface area (Å²) in [6.07, 6.45) is 4.12. The lowest BCUT2D eigenvalue weighted by Crippen LogP contribution is -2.57. The van der Waals surface area contributed by atoms with Crippen LogP contribution in [0.4, 0.5) is 4.79 Å². The first-order valence-corrected chi connectivity index (χ1v) is 15.7. The number of carbonyl (C=O) groups is 4. The van der Waals surface area contributed by atoms with Crippen LogP contribution in [0.3, 0.4) is 0 Å². The van der Waals surface area contributed by atoms with E-state index < -0.39 is 42.5 Å². The fourth-order valence-corrected chi connectivity index (χ4v) is 6.39. The molecule has 2 atom stereocenters. The first kappa shape index (κ1) is 32.0. The van der Waals surface area contributed by atoms with Crippen molar-refractivity contribution in [3.63, 3.8) is 0 Å². The van der Waals surface area contributed by atoms with E-state index in [1.54, 1.807) is 0 Å². The molecule has 3 aromatic rings. The Morgan fingerprint density at radius 1 is 0.956 bits per heavy atom. The monoisotopic (exact) mass is 673 g/mol. The summed E-state index contributed by atoms with van der Waals surface area (Å²) >= 11 is 3.42. The van der Waals surface area contributed by atoms with E-state index in [1.165, 1.54) is 23.9 Å². The van der Waals surface area contributed by atoms with Crippen molar-refractivity contribution >= 4 is 39.8 Å². The Bertz CT molecular complexity index is 1560. The van der Waals surface area contributed by atoms with Gasteiger partial charge < -0.3 is 19.6 Å². The Hall–Kier alpha value is -4.44. The molecule has 9 nitrogen and oxygen atoms in total. The van der Waals surface area contributed by atoms with Gasteiger partial charge in [0.2, 0.25) is 11.8 Å². The number of carbonyl (C=O) groups excluding carboxylic acids is 3. The molecular formula is C35H36BrN3O6. The second-order valence-electron chi connectivity index (χ2n) is 11.4. The summed E-state index contributed by atoms with van der Waals surface area (Å²) in [6, 6.07) is 21.7.